The van der Waals surface area contributed by atoms with Crippen LogP contribution < -0.4 is 10.1 Å². The fraction of sp³-hybridized carbons (Fsp3) is 0.480. The van der Waals surface area contributed by atoms with Gasteiger partial charge < -0.3 is 19.7 Å². The van der Waals surface area contributed by atoms with Crippen molar-refractivity contribution in [1.29, 1.82) is 0 Å². The third-order valence-electron chi connectivity index (χ3n) is 6.00. The summed E-state index contributed by atoms with van der Waals surface area (Å²) in [5.41, 5.74) is 2.17. The molecule has 0 fully saturated rings. The number of nitrogens with one attached hydrogen (secondary N) is 1. The van der Waals surface area contributed by atoms with Crippen molar-refractivity contribution in [1.82, 2.24) is 14.8 Å². The van der Waals surface area contributed by atoms with Gasteiger partial charge in [0.2, 0.25) is 5.91 Å². The number of amides is 2. The molecule has 8 heteroatoms. The summed E-state index contributed by atoms with van der Waals surface area (Å²) in [7, 11) is 3.46. The van der Waals surface area contributed by atoms with Crippen molar-refractivity contribution >= 4 is 17.5 Å². The van der Waals surface area contributed by atoms with E-state index in [0.29, 0.717) is 30.2 Å². The molecule has 0 saturated carbocycles. The van der Waals surface area contributed by atoms with Crippen LogP contribution in [0.4, 0.5) is 5.69 Å². The maximum atomic E-state index is 13.2. The highest BCUT2D eigenvalue weighted by Gasteiger charge is 2.28. The number of ether oxygens (including phenoxy) is 2. The average Bonchev–Trinajstić information content (AvgIpc) is 2.79. The van der Waals surface area contributed by atoms with Crippen LogP contribution in [0.25, 0.3) is 0 Å². The van der Waals surface area contributed by atoms with E-state index in [2.05, 4.69) is 35.1 Å². The van der Waals surface area contributed by atoms with Crippen molar-refractivity contribution in [2.24, 2.45) is 5.92 Å². The Morgan fingerprint density at radius 1 is 1.27 bits per heavy atom. The molecule has 1 aromatic heterocycles. The molecule has 1 aromatic carbocycles. The molecule has 2 amide bonds. The molecule has 3 atom stereocenters. The number of hydrogen-bond acceptors (Lipinski definition) is 6. The molecule has 0 aliphatic carbocycles. The van der Waals surface area contributed by atoms with Crippen LogP contribution in [0.1, 0.15) is 36.7 Å². The summed E-state index contributed by atoms with van der Waals surface area (Å²) in [6.45, 7) is 8.06. The van der Waals surface area contributed by atoms with E-state index in [-0.39, 0.29) is 29.9 Å². The molecule has 1 N–H and O–H groups in total. The summed E-state index contributed by atoms with van der Waals surface area (Å²) >= 11 is 0. The Bertz CT molecular complexity index is 953. The summed E-state index contributed by atoms with van der Waals surface area (Å²) in [5, 5.41) is 2.76. The van der Waals surface area contributed by atoms with Crippen LogP contribution in [0, 0.1) is 5.92 Å². The molecular weight excluding hydrogens is 420 g/mol. The molecule has 1 aliphatic rings. The molecule has 0 bridgehead atoms. The van der Waals surface area contributed by atoms with Crippen LogP contribution in [0.5, 0.6) is 5.75 Å². The van der Waals surface area contributed by atoms with E-state index in [4.69, 9.17) is 9.47 Å². The van der Waals surface area contributed by atoms with Gasteiger partial charge in [-0.2, -0.15) is 0 Å². The number of rotatable bonds is 4. The highest BCUT2D eigenvalue weighted by Crippen LogP contribution is 2.27. The number of aromatic nitrogens is 1. The number of likely N-dealkylation sites (N-methyl/N-ethyl adjacent to an activating group) is 1. The molecule has 0 radical (unpaired) electrons. The van der Waals surface area contributed by atoms with Crippen molar-refractivity contribution < 1.29 is 19.1 Å². The monoisotopic (exact) mass is 454 g/mol. The van der Waals surface area contributed by atoms with Gasteiger partial charge in [-0.15, -0.1) is 0 Å². The van der Waals surface area contributed by atoms with E-state index >= 15 is 0 Å². The molecule has 2 heterocycles. The normalized spacial score (nSPS) is 22.5. The Kier molecular flexibility index (Phi) is 8.41. The second-order valence-electron chi connectivity index (χ2n) is 8.78. The van der Waals surface area contributed by atoms with E-state index in [1.165, 1.54) is 6.92 Å². The predicted octanol–water partition coefficient (Wildman–Crippen LogP) is 3.05. The third-order valence-corrected chi connectivity index (χ3v) is 6.00. The Morgan fingerprint density at radius 3 is 2.73 bits per heavy atom. The van der Waals surface area contributed by atoms with E-state index in [0.717, 1.165) is 18.7 Å². The van der Waals surface area contributed by atoms with E-state index in [1.54, 1.807) is 43.5 Å². The molecule has 3 rings (SSSR count). The van der Waals surface area contributed by atoms with E-state index < -0.39 is 0 Å². The highest BCUT2D eigenvalue weighted by atomic mass is 16.5. The number of carbonyl (C=O) groups excluding carboxylic acids is 2. The average molecular weight is 455 g/mol. The SMILES string of the molecule is CO[C@H]1CN(C)C(=O)c2ccc(NC(C)=O)cc2OC[C@@H](C)N(Cc2cccnc2)C[C@@H]1C. The van der Waals surface area contributed by atoms with Crippen LogP contribution in [0.3, 0.4) is 0 Å². The Labute approximate surface area is 195 Å². The van der Waals surface area contributed by atoms with Gasteiger partial charge >= 0.3 is 0 Å². The van der Waals surface area contributed by atoms with Gasteiger partial charge in [0.15, 0.2) is 0 Å². The molecule has 1 aliphatic heterocycles. The van der Waals surface area contributed by atoms with E-state index in [1.807, 2.05) is 12.3 Å². The second kappa shape index (κ2) is 11.2. The lowest BCUT2D eigenvalue weighted by atomic mass is 10.0. The van der Waals surface area contributed by atoms with Gasteiger partial charge in [-0.3, -0.25) is 19.5 Å². The molecule has 0 saturated heterocycles. The quantitative estimate of drug-likeness (QED) is 0.765. The van der Waals surface area contributed by atoms with Crippen molar-refractivity contribution in [3.63, 3.8) is 0 Å². The first-order chi connectivity index (χ1) is 15.8. The zero-order valence-electron chi connectivity index (χ0n) is 20.1. The van der Waals surface area contributed by atoms with E-state index in [9.17, 15) is 9.59 Å². The fourth-order valence-corrected chi connectivity index (χ4v) is 4.07. The lowest BCUT2D eigenvalue weighted by Crippen LogP contribution is -2.46. The fourth-order valence-electron chi connectivity index (χ4n) is 4.07. The van der Waals surface area contributed by atoms with Gasteiger partial charge in [0.05, 0.1) is 11.7 Å². The molecule has 178 valence electrons. The predicted molar refractivity (Wildman–Crippen MR) is 127 cm³/mol. The minimum absolute atomic E-state index is 0.0645. The van der Waals surface area contributed by atoms with Crippen LogP contribution in [0.15, 0.2) is 42.7 Å². The second-order valence-corrected chi connectivity index (χ2v) is 8.78. The van der Waals surface area contributed by atoms with Crippen LogP contribution in [-0.2, 0) is 16.1 Å². The number of anilines is 1. The lowest BCUT2D eigenvalue weighted by Gasteiger charge is -2.36. The van der Waals surface area contributed by atoms with Crippen molar-refractivity contribution in [2.75, 3.05) is 39.2 Å². The number of methoxy groups -OCH3 is 1. The van der Waals surface area contributed by atoms with Crippen molar-refractivity contribution in [3.05, 3.63) is 53.9 Å². The van der Waals surface area contributed by atoms with Crippen molar-refractivity contribution in [2.45, 2.75) is 39.5 Å². The summed E-state index contributed by atoms with van der Waals surface area (Å²) in [4.78, 5) is 33.0. The number of carbonyl (C=O) groups is 2. The highest BCUT2D eigenvalue weighted by molar-refractivity contribution is 5.98. The number of nitrogens with zero attached hydrogens (tertiary/aromatic N) is 3. The van der Waals surface area contributed by atoms with Gasteiger partial charge in [-0.25, -0.2) is 0 Å². The molecule has 8 nitrogen and oxygen atoms in total. The smallest absolute Gasteiger partial charge is 0.257 e. The van der Waals surface area contributed by atoms with Gasteiger partial charge in [0.1, 0.15) is 12.4 Å². The summed E-state index contributed by atoms with van der Waals surface area (Å²) in [5.74, 6) is 0.313. The van der Waals surface area contributed by atoms with Gasteiger partial charge in [-0.1, -0.05) is 13.0 Å². The number of fused-ring (bicyclic) bond motifs is 1. The number of benzene rings is 1. The molecule has 0 unspecified atom stereocenters. The Morgan fingerprint density at radius 2 is 2.06 bits per heavy atom. The number of pyridine rings is 1. The molecular formula is C25H34N4O4. The van der Waals surface area contributed by atoms with Crippen molar-refractivity contribution in [3.8, 4) is 5.75 Å². The number of hydrogen-bond donors (Lipinski definition) is 1. The largest absolute Gasteiger partial charge is 0.491 e. The zero-order valence-corrected chi connectivity index (χ0v) is 20.1. The standard InChI is InChI=1S/C25H34N4O4/c1-17-13-29(14-20-7-6-10-26-12-20)18(2)16-33-23-11-21(27-19(3)30)8-9-22(23)25(31)28(4)15-24(17)32-5/h6-12,17-18,24H,13-16H2,1-5H3,(H,27,30)/t17-,18+,24-/m0/s1. The van der Waals surface area contributed by atoms with Gasteiger partial charge in [-0.05, 0) is 36.6 Å². The van der Waals surface area contributed by atoms with Crippen LogP contribution >= 0.6 is 0 Å². The first-order valence-electron chi connectivity index (χ1n) is 11.2. The molecule has 0 spiro atoms. The zero-order chi connectivity index (χ0) is 24.0. The molecule has 33 heavy (non-hydrogen) atoms. The van der Waals surface area contributed by atoms with Gasteiger partial charge in [0.25, 0.3) is 5.91 Å². The Balaban J connectivity index is 1.94. The third kappa shape index (κ3) is 6.52. The maximum Gasteiger partial charge on any atom is 0.257 e. The van der Waals surface area contributed by atoms with Gasteiger partial charge in [0, 0.05) is 70.9 Å². The van der Waals surface area contributed by atoms with Crippen LogP contribution in [0.2, 0.25) is 0 Å². The summed E-state index contributed by atoms with van der Waals surface area (Å²) in [6.07, 6.45) is 3.53. The summed E-state index contributed by atoms with van der Waals surface area (Å²) < 4.78 is 12.0. The lowest BCUT2D eigenvalue weighted by molar-refractivity contribution is -0.114. The minimum Gasteiger partial charge on any atom is -0.491 e. The summed E-state index contributed by atoms with van der Waals surface area (Å²) in [6, 6.07) is 9.20. The first kappa shape index (κ1) is 24.7. The Hall–Kier alpha value is -2.97. The minimum atomic E-state index is -0.181. The van der Waals surface area contributed by atoms with Crippen LogP contribution in [-0.4, -0.2) is 72.6 Å². The topological polar surface area (TPSA) is 84.0 Å². The maximum absolute atomic E-state index is 13.2. The molecule has 2 aromatic rings. The first-order valence-corrected chi connectivity index (χ1v) is 11.2.